The van der Waals surface area contributed by atoms with Crippen LogP contribution in [-0.4, -0.2) is 23.7 Å². The van der Waals surface area contributed by atoms with Crippen molar-refractivity contribution in [2.45, 2.75) is 38.9 Å². The van der Waals surface area contributed by atoms with Gasteiger partial charge in [0.05, 0.1) is 11.1 Å². The molecule has 0 aromatic heterocycles. The predicted octanol–water partition coefficient (Wildman–Crippen LogP) is 4.03. The summed E-state index contributed by atoms with van der Waals surface area (Å²) < 4.78 is 39.4. The highest BCUT2D eigenvalue weighted by Crippen LogP contribution is 2.39. The molecule has 0 saturated heterocycles. The van der Waals surface area contributed by atoms with Crippen LogP contribution in [0.25, 0.3) is 0 Å². The Morgan fingerprint density at radius 2 is 1.85 bits per heavy atom. The summed E-state index contributed by atoms with van der Waals surface area (Å²) in [6, 6.07) is 3.08. The molecule has 0 heterocycles. The number of halogens is 3. The fourth-order valence-electron chi connectivity index (χ4n) is 1.75. The molecule has 0 unspecified atom stereocenters. The van der Waals surface area contributed by atoms with Crippen molar-refractivity contribution in [3.05, 3.63) is 29.3 Å². The minimum Gasteiger partial charge on any atom is -0.478 e. The van der Waals surface area contributed by atoms with Crippen LogP contribution in [0.5, 0.6) is 0 Å². The van der Waals surface area contributed by atoms with Crippen molar-refractivity contribution in [3.8, 4) is 0 Å². The highest BCUT2D eigenvalue weighted by Gasteiger charge is 2.37. The summed E-state index contributed by atoms with van der Waals surface area (Å²) in [6.07, 6.45) is -3.94. The highest BCUT2D eigenvalue weighted by molar-refractivity contribution is 5.88. The first-order valence-electron chi connectivity index (χ1n) is 6.19. The zero-order valence-corrected chi connectivity index (χ0v) is 11.9. The molecule has 0 radical (unpaired) electrons. The van der Waals surface area contributed by atoms with Gasteiger partial charge in [0.2, 0.25) is 0 Å². The lowest BCUT2D eigenvalue weighted by molar-refractivity contribution is -0.137. The van der Waals surface area contributed by atoms with Gasteiger partial charge in [0.25, 0.3) is 0 Å². The molecule has 1 N–H and O–H groups in total. The van der Waals surface area contributed by atoms with Gasteiger partial charge < -0.3 is 10.0 Å². The second kappa shape index (κ2) is 5.34. The van der Waals surface area contributed by atoms with Crippen LogP contribution in [0.4, 0.5) is 18.9 Å². The van der Waals surface area contributed by atoms with E-state index >= 15 is 0 Å². The first kappa shape index (κ1) is 16.3. The Labute approximate surface area is 116 Å². The van der Waals surface area contributed by atoms with Gasteiger partial charge in [-0.1, -0.05) is 6.92 Å². The maximum absolute atomic E-state index is 13.1. The van der Waals surface area contributed by atoms with Gasteiger partial charge in [-0.15, -0.1) is 0 Å². The van der Waals surface area contributed by atoms with E-state index in [9.17, 15) is 18.0 Å². The molecule has 6 heteroatoms. The molecule has 1 rings (SSSR count). The van der Waals surface area contributed by atoms with Gasteiger partial charge >= 0.3 is 12.1 Å². The van der Waals surface area contributed by atoms with Crippen LogP contribution in [-0.2, 0) is 6.18 Å². The summed E-state index contributed by atoms with van der Waals surface area (Å²) in [6.45, 7) is 5.55. The van der Waals surface area contributed by atoms with Crippen LogP contribution >= 0.6 is 0 Å². The third-order valence-electron chi connectivity index (χ3n) is 3.68. The van der Waals surface area contributed by atoms with Crippen LogP contribution < -0.4 is 4.90 Å². The van der Waals surface area contributed by atoms with Crippen LogP contribution in [0, 0.1) is 0 Å². The molecule has 0 aliphatic rings. The third kappa shape index (κ3) is 3.23. The van der Waals surface area contributed by atoms with E-state index in [0.29, 0.717) is 12.5 Å². The van der Waals surface area contributed by atoms with E-state index in [4.69, 9.17) is 5.11 Å². The number of aromatic carboxylic acids is 1. The number of nitrogens with zero attached hydrogens (tertiary/aromatic N) is 1. The van der Waals surface area contributed by atoms with Gasteiger partial charge in [-0.25, -0.2) is 4.79 Å². The summed E-state index contributed by atoms with van der Waals surface area (Å²) in [4.78, 5) is 12.4. The maximum Gasteiger partial charge on any atom is 0.418 e. The average Bonchev–Trinajstić information content (AvgIpc) is 2.36. The van der Waals surface area contributed by atoms with Crippen LogP contribution in [0.2, 0.25) is 0 Å². The standard InChI is InChI=1S/C14H18F3NO2/c1-5-13(2,3)18(4)11-7-6-9(12(19)20)8-10(11)14(15,16)17/h6-8H,5H2,1-4H3,(H,19,20). The number of carbonyl (C=O) groups is 1. The van der Waals surface area contributed by atoms with Gasteiger partial charge in [0.15, 0.2) is 0 Å². The van der Waals surface area contributed by atoms with E-state index in [0.717, 1.165) is 0 Å². The Kier molecular flexibility index (Phi) is 4.36. The van der Waals surface area contributed by atoms with Crippen LogP contribution in [0.3, 0.4) is 0 Å². The fourth-order valence-corrected chi connectivity index (χ4v) is 1.75. The molecule has 112 valence electrons. The van der Waals surface area contributed by atoms with Crippen molar-refractivity contribution >= 4 is 11.7 Å². The van der Waals surface area contributed by atoms with Gasteiger partial charge in [-0.05, 0) is 38.5 Å². The van der Waals surface area contributed by atoms with Gasteiger partial charge in [0, 0.05) is 18.3 Å². The van der Waals surface area contributed by atoms with Crippen LogP contribution in [0.15, 0.2) is 18.2 Å². The van der Waals surface area contributed by atoms with Crippen molar-refractivity contribution in [1.29, 1.82) is 0 Å². The molecule has 1 aromatic carbocycles. The number of hydrogen-bond acceptors (Lipinski definition) is 2. The maximum atomic E-state index is 13.1. The molecule has 0 aliphatic carbocycles. The topological polar surface area (TPSA) is 40.5 Å². The Morgan fingerprint density at radius 1 is 1.30 bits per heavy atom. The molecule has 0 fully saturated rings. The zero-order chi connectivity index (χ0) is 15.7. The number of carboxylic acid groups (broad SMARTS) is 1. The third-order valence-corrected chi connectivity index (χ3v) is 3.68. The predicted molar refractivity (Wildman–Crippen MR) is 71.2 cm³/mol. The Morgan fingerprint density at radius 3 is 2.25 bits per heavy atom. The molecule has 3 nitrogen and oxygen atoms in total. The summed E-state index contributed by atoms with van der Waals surface area (Å²) in [5, 5.41) is 8.83. The zero-order valence-electron chi connectivity index (χ0n) is 11.9. The number of rotatable bonds is 4. The number of anilines is 1. The molecule has 0 aliphatic heterocycles. The largest absolute Gasteiger partial charge is 0.478 e. The van der Waals surface area contributed by atoms with E-state index in [1.807, 2.05) is 20.8 Å². The first-order valence-corrected chi connectivity index (χ1v) is 6.19. The Hall–Kier alpha value is -1.72. The minimum absolute atomic E-state index is 0.0191. The molecule has 0 saturated carbocycles. The van der Waals surface area contributed by atoms with E-state index in [2.05, 4.69) is 0 Å². The summed E-state index contributed by atoms with van der Waals surface area (Å²) in [5.74, 6) is -1.38. The van der Waals surface area contributed by atoms with E-state index in [1.165, 1.54) is 17.0 Å². The van der Waals surface area contributed by atoms with E-state index in [1.54, 1.807) is 7.05 Å². The fraction of sp³-hybridized carbons (Fsp3) is 0.500. The molecule has 20 heavy (non-hydrogen) atoms. The van der Waals surface area contributed by atoms with Crippen molar-refractivity contribution in [3.63, 3.8) is 0 Å². The van der Waals surface area contributed by atoms with Gasteiger partial charge in [-0.2, -0.15) is 13.2 Å². The van der Waals surface area contributed by atoms with Crippen molar-refractivity contribution in [2.24, 2.45) is 0 Å². The molecule has 0 atom stereocenters. The minimum atomic E-state index is -4.60. The molecule has 0 amide bonds. The van der Waals surface area contributed by atoms with Gasteiger partial charge in [0.1, 0.15) is 0 Å². The van der Waals surface area contributed by atoms with Crippen molar-refractivity contribution in [2.75, 3.05) is 11.9 Å². The number of alkyl halides is 3. The number of hydrogen-bond donors (Lipinski definition) is 1. The first-order chi connectivity index (χ1) is 9.00. The van der Waals surface area contributed by atoms with Crippen LogP contribution in [0.1, 0.15) is 43.1 Å². The number of benzene rings is 1. The van der Waals surface area contributed by atoms with E-state index < -0.39 is 23.2 Å². The van der Waals surface area contributed by atoms with Crippen molar-refractivity contribution < 1.29 is 23.1 Å². The second-order valence-electron chi connectivity index (χ2n) is 5.26. The smallest absolute Gasteiger partial charge is 0.418 e. The molecular weight excluding hydrogens is 271 g/mol. The monoisotopic (exact) mass is 289 g/mol. The highest BCUT2D eigenvalue weighted by atomic mass is 19.4. The van der Waals surface area contributed by atoms with Crippen molar-refractivity contribution in [1.82, 2.24) is 0 Å². The van der Waals surface area contributed by atoms with Gasteiger partial charge in [-0.3, -0.25) is 0 Å². The molecule has 0 bridgehead atoms. The Bertz CT molecular complexity index is 510. The molecule has 0 spiro atoms. The lowest BCUT2D eigenvalue weighted by atomic mass is 9.97. The van der Waals surface area contributed by atoms with E-state index in [-0.39, 0.29) is 11.3 Å². The average molecular weight is 289 g/mol. The number of carboxylic acids is 1. The summed E-state index contributed by atoms with van der Waals surface area (Å²) in [5.41, 5.74) is -1.79. The lowest BCUT2D eigenvalue weighted by Gasteiger charge is -2.38. The summed E-state index contributed by atoms with van der Waals surface area (Å²) >= 11 is 0. The lowest BCUT2D eigenvalue weighted by Crippen LogP contribution is -2.41. The SMILES string of the molecule is CCC(C)(C)N(C)c1ccc(C(=O)O)cc1C(F)(F)F. The molecule has 1 aromatic rings. The molecular formula is C14H18F3NO2. The quantitative estimate of drug-likeness (QED) is 0.909. The summed E-state index contributed by atoms with van der Waals surface area (Å²) in [7, 11) is 1.58. The Balaban J connectivity index is 3.44. The normalized spacial score (nSPS) is 12.3. The second-order valence-corrected chi connectivity index (χ2v) is 5.26.